The molecule has 0 saturated carbocycles. The van der Waals surface area contributed by atoms with E-state index in [2.05, 4.69) is 5.16 Å². The van der Waals surface area contributed by atoms with Crippen molar-refractivity contribution < 1.29 is 14.7 Å². The van der Waals surface area contributed by atoms with Gasteiger partial charge in [0.2, 0.25) is 0 Å². The molecule has 0 radical (unpaired) electrons. The van der Waals surface area contributed by atoms with E-state index in [9.17, 15) is 0 Å². The molecule has 18 heavy (non-hydrogen) atoms. The number of hydrogen-bond donors (Lipinski definition) is 2. The van der Waals surface area contributed by atoms with Crippen LogP contribution in [0.25, 0.3) is 0 Å². The summed E-state index contributed by atoms with van der Waals surface area (Å²) in [5.41, 5.74) is 8.13. The predicted molar refractivity (Wildman–Crippen MR) is 70.4 cm³/mol. The molecule has 3 N–H and O–H groups in total. The molecule has 1 rings (SSSR count). The van der Waals surface area contributed by atoms with Crippen LogP contribution in [0, 0.1) is 13.8 Å². The van der Waals surface area contributed by atoms with Crippen molar-refractivity contribution in [3.05, 3.63) is 28.8 Å². The van der Waals surface area contributed by atoms with Gasteiger partial charge in [-0.15, -0.1) is 0 Å². The van der Waals surface area contributed by atoms with Crippen LogP contribution in [-0.2, 0) is 4.74 Å². The van der Waals surface area contributed by atoms with Gasteiger partial charge in [0.25, 0.3) is 0 Å². The number of methoxy groups -OCH3 is 1. The van der Waals surface area contributed by atoms with Crippen LogP contribution in [0.15, 0.2) is 17.3 Å². The van der Waals surface area contributed by atoms with Gasteiger partial charge in [-0.3, -0.25) is 0 Å². The summed E-state index contributed by atoms with van der Waals surface area (Å²) in [6.07, 6.45) is 0.0348. The number of aryl methyl sites for hydroxylation is 2. The highest BCUT2D eigenvalue weighted by molar-refractivity contribution is 5.97. The third kappa shape index (κ3) is 3.37. The molecule has 1 aromatic carbocycles. The van der Waals surface area contributed by atoms with E-state index in [1.807, 2.05) is 32.9 Å². The lowest BCUT2D eigenvalue weighted by molar-refractivity contribution is 0.0712. The van der Waals surface area contributed by atoms with Gasteiger partial charge < -0.3 is 20.4 Å². The lowest BCUT2D eigenvalue weighted by atomic mass is 10.1. The van der Waals surface area contributed by atoms with E-state index < -0.39 is 0 Å². The van der Waals surface area contributed by atoms with E-state index >= 15 is 0 Å². The minimum Gasteiger partial charge on any atom is -0.490 e. The first kappa shape index (κ1) is 14.3. The van der Waals surface area contributed by atoms with Gasteiger partial charge >= 0.3 is 0 Å². The molecule has 0 aliphatic carbocycles. The Balaban J connectivity index is 2.95. The Kier molecular flexibility index (Phi) is 4.97. The van der Waals surface area contributed by atoms with Crippen molar-refractivity contribution in [1.82, 2.24) is 0 Å². The average Bonchev–Trinajstić information content (AvgIpc) is 2.36. The van der Waals surface area contributed by atoms with Crippen molar-refractivity contribution in [3.8, 4) is 5.75 Å². The summed E-state index contributed by atoms with van der Waals surface area (Å²) < 4.78 is 10.9. The summed E-state index contributed by atoms with van der Waals surface area (Å²) in [6, 6.07) is 3.66. The van der Waals surface area contributed by atoms with Gasteiger partial charge in [-0.05, 0) is 44.0 Å². The molecular formula is C13H20N2O3. The topological polar surface area (TPSA) is 77.1 Å². The second-order valence-electron chi connectivity index (χ2n) is 4.28. The lowest BCUT2D eigenvalue weighted by Crippen LogP contribution is -2.18. The van der Waals surface area contributed by atoms with Crippen LogP contribution >= 0.6 is 0 Å². The average molecular weight is 252 g/mol. The maximum atomic E-state index is 8.66. The Morgan fingerprint density at radius 2 is 1.94 bits per heavy atom. The summed E-state index contributed by atoms with van der Waals surface area (Å²) in [7, 11) is 1.65. The molecule has 5 heteroatoms. The number of oxime groups is 1. The van der Waals surface area contributed by atoms with Crippen LogP contribution in [-0.4, -0.2) is 30.9 Å². The molecule has 1 aromatic rings. The van der Waals surface area contributed by atoms with E-state index in [1.165, 1.54) is 0 Å². The molecule has 0 aromatic heterocycles. The van der Waals surface area contributed by atoms with E-state index in [0.29, 0.717) is 12.2 Å². The van der Waals surface area contributed by atoms with Crippen molar-refractivity contribution in [1.29, 1.82) is 0 Å². The molecule has 1 unspecified atom stereocenters. The Hall–Kier alpha value is -1.75. The minimum atomic E-state index is 0.0348. The van der Waals surface area contributed by atoms with E-state index in [-0.39, 0.29) is 11.9 Å². The fourth-order valence-electron chi connectivity index (χ4n) is 1.65. The molecule has 0 saturated heterocycles. The Labute approximate surface area is 107 Å². The molecule has 0 amide bonds. The summed E-state index contributed by atoms with van der Waals surface area (Å²) in [4.78, 5) is 0. The highest BCUT2D eigenvalue weighted by Crippen LogP contribution is 2.25. The quantitative estimate of drug-likeness (QED) is 0.362. The fraction of sp³-hybridized carbons (Fsp3) is 0.462. The van der Waals surface area contributed by atoms with Gasteiger partial charge in [0.15, 0.2) is 5.84 Å². The Morgan fingerprint density at radius 3 is 2.39 bits per heavy atom. The van der Waals surface area contributed by atoms with Crippen LogP contribution in [0.5, 0.6) is 5.75 Å². The fourth-order valence-corrected chi connectivity index (χ4v) is 1.65. The van der Waals surface area contributed by atoms with Crippen LogP contribution in [0.2, 0.25) is 0 Å². The van der Waals surface area contributed by atoms with Crippen LogP contribution < -0.4 is 10.5 Å². The van der Waals surface area contributed by atoms with Crippen molar-refractivity contribution in [2.75, 3.05) is 13.7 Å². The number of ether oxygens (including phenoxy) is 2. The molecule has 5 nitrogen and oxygen atoms in total. The van der Waals surface area contributed by atoms with Gasteiger partial charge in [-0.25, -0.2) is 0 Å². The first-order valence-corrected chi connectivity index (χ1v) is 5.74. The summed E-state index contributed by atoms with van der Waals surface area (Å²) >= 11 is 0. The largest absolute Gasteiger partial charge is 0.490 e. The maximum Gasteiger partial charge on any atom is 0.170 e. The number of nitrogens with zero attached hydrogens (tertiary/aromatic N) is 1. The third-order valence-corrected chi connectivity index (χ3v) is 2.73. The first-order valence-electron chi connectivity index (χ1n) is 5.74. The molecule has 1 atom stereocenters. The number of hydrogen-bond acceptors (Lipinski definition) is 4. The predicted octanol–water partition coefficient (Wildman–Crippen LogP) is 1.81. The molecule has 0 bridgehead atoms. The van der Waals surface area contributed by atoms with Crippen molar-refractivity contribution in [2.45, 2.75) is 26.9 Å². The molecule has 0 aliphatic heterocycles. The zero-order chi connectivity index (χ0) is 13.7. The maximum absolute atomic E-state index is 8.66. The smallest absolute Gasteiger partial charge is 0.170 e. The summed E-state index contributed by atoms with van der Waals surface area (Å²) in [6.45, 7) is 6.28. The molecule has 0 fully saturated rings. The number of nitrogens with two attached hydrogens (primary N) is 1. The van der Waals surface area contributed by atoms with Crippen LogP contribution in [0.1, 0.15) is 23.6 Å². The number of amidine groups is 1. The second-order valence-corrected chi connectivity index (χ2v) is 4.28. The SMILES string of the molecule is COC(C)COc1c(C)cc(C(N)=NO)cc1C. The normalized spacial score (nSPS) is 13.4. The van der Waals surface area contributed by atoms with Crippen molar-refractivity contribution >= 4 is 5.84 Å². The van der Waals surface area contributed by atoms with Gasteiger partial charge in [-0.2, -0.15) is 0 Å². The van der Waals surface area contributed by atoms with Crippen LogP contribution in [0.3, 0.4) is 0 Å². The van der Waals surface area contributed by atoms with Gasteiger partial charge in [0.1, 0.15) is 12.4 Å². The summed E-state index contributed by atoms with van der Waals surface area (Å²) in [5.74, 6) is 0.909. The highest BCUT2D eigenvalue weighted by atomic mass is 16.5. The molecule has 0 heterocycles. The van der Waals surface area contributed by atoms with E-state index in [1.54, 1.807) is 7.11 Å². The number of benzene rings is 1. The Bertz CT molecular complexity index is 421. The van der Waals surface area contributed by atoms with Gasteiger partial charge in [0, 0.05) is 12.7 Å². The molecule has 0 aliphatic rings. The van der Waals surface area contributed by atoms with Crippen molar-refractivity contribution in [3.63, 3.8) is 0 Å². The second kappa shape index (κ2) is 6.26. The first-order chi connectivity index (χ1) is 8.49. The molecule has 0 spiro atoms. The zero-order valence-corrected chi connectivity index (χ0v) is 11.2. The van der Waals surface area contributed by atoms with Gasteiger partial charge in [-0.1, -0.05) is 5.16 Å². The van der Waals surface area contributed by atoms with Gasteiger partial charge in [0.05, 0.1) is 6.10 Å². The monoisotopic (exact) mass is 252 g/mol. The molecule has 100 valence electrons. The summed E-state index contributed by atoms with van der Waals surface area (Å²) in [5, 5.41) is 11.7. The number of rotatable bonds is 5. The zero-order valence-electron chi connectivity index (χ0n) is 11.2. The molecular weight excluding hydrogens is 232 g/mol. The van der Waals surface area contributed by atoms with E-state index in [4.69, 9.17) is 20.4 Å². The van der Waals surface area contributed by atoms with E-state index in [0.717, 1.165) is 16.9 Å². The van der Waals surface area contributed by atoms with Crippen LogP contribution in [0.4, 0.5) is 0 Å². The third-order valence-electron chi connectivity index (χ3n) is 2.73. The minimum absolute atomic E-state index is 0.0348. The Morgan fingerprint density at radius 1 is 1.39 bits per heavy atom. The standard InChI is InChI=1S/C13H20N2O3/c1-8-5-11(13(14)15-16)6-9(2)12(8)18-7-10(3)17-4/h5-6,10,16H,7H2,1-4H3,(H2,14,15). The lowest BCUT2D eigenvalue weighted by Gasteiger charge is -2.16. The highest BCUT2D eigenvalue weighted by Gasteiger charge is 2.10. The van der Waals surface area contributed by atoms with Crippen molar-refractivity contribution in [2.24, 2.45) is 10.9 Å².